The Bertz CT molecular complexity index is 1080. The van der Waals surface area contributed by atoms with E-state index in [0.717, 1.165) is 11.8 Å². The molecule has 35 heavy (non-hydrogen) atoms. The molecule has 0 saturated carbocycles. The molecule has 15 heteroatoms. The highest BCUT2D eigenvalue weighted by Gasteiger charge is 2.55. The molecule has 0 radical (unpaired) electrons. The van der Waals surface area contributed by atoms with Crippen LogP contribution in [0.3, 0.4) is 0 Å². The van der Waals surface area contributed by atoms with Gasteiger partial charge in [-0.2, -0.15) is 0 Å². The van der Waals surface area contributed by atoms with Crippen molar-refractivity contribution in [1.82, 2.24) is 10.2 Å². The number of amides is 3. The monoisotopic (exact) mass is 510 g/mol. The third-order valence-corrected chi connectivity index (χ3v) is 6.01. The van der Waals surface area contributed by atoms with Gasteiger partial charge in [-0.15, -0.1) is 11.8 Å². The Morgan fingerprint density at radius 2 is 2.09 bits per heavy atom. The van der Waals surface area contributed by atoms with E-state index in [1.54, 1.807) is 6.07 Å². The van der Waals surface area contributed by atoms with Crippen molar-refractivity contribution in [2.45, 2.75) is 31.6 Å². The quantitative estimate of drug-likeness (QED) is 0.147. The van der Waals surface area contributed by atoms with Gasteiger partial charge in [0, 0.05) is 25.2 Å². The fourth-order valence-electron chi connectivity index (χ4n) is 3.32. The van der Waals surface area contributed by atoms with Crippen LogP contribution in [0.15, 0.2) is 39.2 Å². The van der Waals surface area contributed by atoms with Gasteiger partial charge in [0.25, 0.3) is 11.8 Å². The zero-order chi connectivity index (χ0) is 25.7. The molecule has 0 aliphatic carbocycles. The minimum atomic E-state index is -1.24. The van der Waals surface area contributed by atoms with E-state index in [1.165, 1.54) is 38.1 Å². The number of nitrogens with zero attached hydrogens (tertiary/aromatic N) is 2. The lowest BCUT2D eigenvalue weighted by Crippen LogP contribution is -2.71. The molecule has 0 bridgehead atoms. The van der Waals surface area contributed by atoms with Crippen molar-refractivity contribution in [2.24, 2.45) is 10.9 Å². The first-order chi connectivity index (χ1) is 16.6. The number of hydrogen-bond donors (Lipinski definition) is 2. The van der Waals surface area contributed by atoms with E-state index in [4.69, 9.17) is 29.2 Å². The van der Waals surface area contributed by atoms with Crippen molar-refractivity contribution in [3.63, 3.8) is 0 Å². The number of ether oxygens (including phenoxy) is 3. The molecule has 0 spiro atoms. The SMILES string of the molecule is CON=C(C(=O)N[C@H]1C(=O)N2C(C(=O)O[C@H](C)OC(C)=O)=C(COC(N)=O)CS[C@H]12)c1ccco1. The summed E-state index contributed by atoms with van der Waals surface area (Å²) < 4.78 is 19.9. The van der Waals surface area contributed by atoms with Gasteiger partial charge < -0.3 is 34.5 Å². The van der Waals surface area contributed by atoms with Crippen LogP contribution in [-0.4, -0.2) is 77.6 Å². The van der Waals surface area contributed by atoms with Crippen molar-refractivity contribution in [3.05, 3.63) is 35.4 Å². The number of nitrogens with two attached hydrogens (primary N) is 1. The maximum absolute atomic E-state index is 13.0. The normalized spacial score (nSPS) is 20.3. The molecule has 188 valence electrons. The van der Waals surface area contributed by atoms with Crippen LogP contribution >= 0.6 is 11.8 Å². The predicted octanol–water partition coefficient (Wildman–Crippen LogP) is -0.168. The van der Waals surface area contributed by atoms with E-state index < -0.39 is 47.6 Å². The number of primary amides is 1. The Labute approximate surface area is 202 Å². The van der Waals surface area contributed by atoms with E-state index in [1.807, 2.05) is 0 Å². The average Bonchev–Trinajstić information content (AvgIpc) is 3.32. The number of rotatable bonds is 9. The maximum atomic E-state index is 13.0. The van der Waals surface area contributed by atoms with Crippen molar-refractivity contribution < 1.29 is 47.4 Å². The third kappa shape index (κ3) is 5.74. The molecular weight excluding hydrogens is 488 g/mol. The molecule has 1 saturated heterocycles. The van der Waals surface area contributed by atoms with Crippen LogP contribution in [0.1, 0.15) is 19.6 Å². The van der Waals surface area contributed by atoms with E-state index in [9.17, 15) is 24.0 Å². The van der Waals surface area contributed by atoms with Crippen LogP contribution in [0, 0.1) is 0 Å². The topological polar surface area (TPSA) is 189 Å². The van der Waals surface area contributed by atoms with E-state index in [-0.39, 0.29) is 35.1 Å². The van der Waals surface area contributed by atoms with Gasteiger partial charge in [-0.25, -0.2) is 9.59 Å². The molecule has 3 atom stereocenters. The van der Waals surface area contributed by atoms with Crippen molar-refractivity contribution in [2.75, 3.05) is 19.5 Å². The smallest absolute Gasteiger partial charge is 0.404 e. The number of carbonyl (C=O) groups excluding carboxylic acids is 5. The zero-order valence-corrected chi connectivity index (χ0v) is 19.7. The van der Waals surface area contributed by atoms with Crippen LogP contribution in [0.4, 0.5) is 4.79 Å². The summed E-state index contributed by atoms with van der Waals surface area (Å²) in [5.41, 5.74) is 4.89. The highest BCUT2D eigenvalue weighted by atomic mass is 32.2. The first-order valence-corrected chi connectivity index (χ1v) is 11.1. The molecule has 1 aromatic rings. The second-order valence-electron chi connectivity index (χ2n) is 7.10. The summed E-state index contributed by atoms with van der Waals surface area (Å²) in [6.07, 6.45) is -0.976. The number of furan rings is 1. The first kappa shape index (κ1) is 25.6. The number of fused-ring (bicyclic) bond motifs is 1. The molecule has 1 fully saturated rings. The standard InChI is InChI=1S/C20H22N4O10S/c1-9(25)33-10(2)34-19(28)15-11(7-32-20(21)29)8-35-18-14(17(27)24(15)18)22-16(26)13(23-30-3)12-5-4-6-31-12/h4-6,10,14,18H,7-8H2,1-3H3,(H2,21,29)(H,22,26)/t10-,14+,18-/m1/s1. The number of hydrogen-bond acceptors (Lipinski definition) is 12. The number of carbonyl (C=O) groups is 5. The third-order valence-electron chi connectivity index (χ3n) is 4.67. The number of β-lactam (4-membered cyclic amide) rings is 1. The van der Waals surface area contributed by atoms with Gasteiger partial charge in [-0.1, -0.05) is 5.16 Å². The van der Waals surface area contributed by atoms with Crippen LogP contribution in [0.25, 0.3) is 0 Å². The summed E-state index contributed by atoms with van der Waals surface area (Å²) in [5, 5.41) is 5.53. The largest absolute Gasteiger partial charge is 0.462 e. The molecule has 3 amide bonds. The van der Waals surface area contributed by atoms with Gasteiger partial charge >= 0.3 is 18.0 Å². The van der Waals surface area contributed by atoms with Crippen LogP contribution in [0.2, 0.25) is 0 Å². The minimum absolute atomic E-state index is 0.124. The summed E-state index contributed by atoms with van der Waals surface area (Å²) in [5.74, 6) is -2.75. The molecule has 2 aliphatic heterocycles. The lowest BCUT2D eigenvalue weighted by Gasteiger charge is -2.49. The highest BCUT2D eigenvalue weighted by Crippen LogP contribution is 2.41. The van der Waals surface area contributed by atoms with E-state index in [0.29, 0.717) is 0 Å². The highest BCUT2D eigenvalue weighted by molar-refractivity contribution is 8.00. The van der Waals surface area contributed by atoms with Gasteiger partial charge in [0.15, 0.2) is 5.76 Å². The van der Waals surface area contributed by atoms with Gasteiger partial charge in [-0.05, 0) is 12.1 Å². The lowest BCUT2D eigenvalue weighted by atomic mass is 10.0. The molecular formula is C20H22N4O10S. The molecule has 3 N–H and O–H groups in total. The number of thioether (sulfide) groups is 1. The zero-order valence-electron chi connectivity index (χ0n) is 18.8. The van der Waals surface area contributed by atoms with Crippen molar-refractivity contribution >= 4 is 47.3 Å². The van der Waals surface area contributed by atoms with E-state index >= 15 is 0 Å². The molecule has 0 unspecified atom stereocenters. The fourth-order valence-corrected chi connectivity index (χ4v) is 4.65. The maximum Gasteiger partial charge on any atom is 0.404 e. The van der Waals surface area contributed by atoms with Crippen LogP contribution in [0.5, 0.6) is 0 Å². The fraction of sp³-hybridized carbons (Fsp3) is 0.400. The first-order valence-electron chi connectivity index (χ1n) is 10.1. The average molecular weight is 510 g/mol. The summed E-state index contributed by atoms with van der Waals surface area (Å²) in [7, 11) is 1.25. The number of oxime groups is 1. The number of esters is 2. The van der Waals surface area contributed by atoms with Crippen molar-refractivity contribution in [3.8, 4) is 0 Å². The number of nitrogens with one attached hydrogen (secondary N) is 1. The van der Waals surface area contributed by atoms with Gasteiger partial charge in [-0.3, -0.25) is 19.3 Å². The Kier molecular flexibility index (Phi) is 8.01. The predicted molar refractivity (Wildman–Crippen MR) is 117 cm³/mol. The molecule has 3 heterocycles. The second-order valence-corrected chi connectivity index (χ2v) is 8.21. The second kappa shape index (κ2) is 10.9. The Balaban J connectivity index is 1.80. The van der Waals surface area contributed by atoms with Crippen molar-refractivity contribution in [1.29, 1.82) is 0 Å². The summed E-state index contributed by atoms with van der Waals surface area (Å²) >= 11 is 1.21. The molecule has 3 rings (SSSR count). The summed E-state index contributed by atoms with van der Waals surface area (Å²) in [6, 6.07) is 2.03. The van der Waals surface area contributed by atoms with Crippen LogP contribution < -0.4 is 11.1 Å². The Hall–Kier alpha value is -4.01. The van der Waals surface area contributed by atoms with Gasteiger partial charge in [0.1, 0.15) is 30.8 Å². The molecule has 14 nitrogen and oxygen atoms in total. The van der Waals surface area contributed by atoms with E-state index in [2.05, 4.69) is 10.5 Å². The Morgan fingerprint density at radius 3 is 2.69 bits per heavy atom. The molecule has 2 aliphatic rings. The summed E-state index contributed by atoms with van der Waals surface area (Å²) in [4.78, 5) is 66.7. The van der Waals surface area contributed by atoms with Crippen LogP contribution in [-0.2, 0) is 38.2 Å². The Morgan fingerprint density at radius 1 is 1.34 bits per heavy atom. The molecule has 0 aromatic carbocycles. The molecule has 1 aromatic heterocycles. The lowest BCUT2D eigenvalue weighted by molar-refractivity contribution is -0.182. The minimum Gasteiger partial charge on any atom is -0.462 e. The van der Waals surface area contributed by atoms with Gasteiger partial charge in [0.2, 0.25) is 12.0 Å². The summed E-state index contributed by atoms with van der Waals surface area (Å²) in [6.45, 7) is 2.09. The van der Waals surface area contributed by atoms with Gasteiger partial charge in [0.05, 0.1) is 6.26 Å².